The number of anilines is 1. The third-order valence-corrected chi connectivity index (χ3v) is 5.98. The molecule has 1 aliphatic rings. The highest BCUT2D eigenvalue weighted by atomic mass is 32.2. The monoisotopic (exact) mass is 311 g/mol. The third-order valence-electron chi connectivity index (χ3n) is 4.03. The number of rotatable bonds is 5. The van der Waals surface area contributed by atoms with Gasteiger partial charge in [0.1, 0.15) is 4.90 Å². The first-order chi connectivity index (χ1) is 9.96. The number of nitrogens with one attached hydrogen (secondary N) is 1. The summed E-state index contributed by atoms with van der Waals surface area (Å²) in [4.78, 5) is 2.56. The van der Waals surface area contributed by atoms with Gasteiger partial charge in [-0.25, -0.2) is 8.42 Å². The molecule has 1 aromatic rings. The molecule has 1 N–H and O–H groups in total. The summed E-state index contributed by atoms with van der Waals surface area (Å²) in [6.07, 6.45) is 1.77. The quantitative estimate of drug-likeness (QED) is 0.901. The van der Waals surface area contributed by atoms with Crippen LogP contribution in [0.15, 0.2) is 29.2 Å². The largest absolute Gasteiger partial charge is 0.384 e. The highest BCUT2D eigenvalue weighted by Gasteiger charge is 2.31. The van der Waals surface area contributed by atoms with E-state index in [4.69, 9.17) is 0 Å². The van der Waals surface area contributed by atoms with Crippen molar-refractivity contribution in [3.63, 3.8) is 0 Å². The first-order valence-corrected chi connectivity index (χ1v) is 8.90. The molecule has 1 heterocycles. The van der Waals surface area contributed by atoms with Gasteiger partial charge in [-0.1, -0.05) is 12.1 Å². The molecule has 0 unspecified atom stereocenters. The molecular formula is C15H25N3O2S. The standard InChI is InChI=1S/C15H25N3O2S/c1-4-16-14-7-5-6-8-15(14)21(19,20)18-11-9-13(10-12-18)17(2)3/h5-8,13,16H,4,9-12H2,1-3H3. The van der Waals surface area contributed by atoms with Crippen molar-refractivity contribution in [3.8, 4) is 0 Å². The highest BCUT2D eigenvalue weighted by Crippen LogP contribution is 2.27. The zero-order valence-electron chi connectivity index (χ0n) is 13.0. The zero-order valence-corrected chi connectivity index (χ0v) is 13.9. The average molecular weight is 311 g/mol. The molecule has 1 aliphatic heterocycles. The zero-order chi connectivity index (χ0) is 15.5. The third kappa shape index (κ3) is 3.56. The fourth-order valence-corrected chi connectivity index (χ4v) is 4.40. The van der Waals surface area contributed by atoms with E-state index in [1.807, 2.05) is 19.1 Å². The SMILES string of the molecule is CCNc1ccccc1S(=O)(=O)N1CCC(N(C)C)CC1. The average Bonchev–Trinajstić information content (AvgIpc) is 2.48. The van der Waals surface area contributed by atoms with Gasteiger partial charge in [0.2, 0.25) is 10.0 Å². The van der Waals surface area contributed by atoms with Crippen LogP contribution in [0.4, 0.5) is 5.69 Å². The van der Waals surface area contributed by atoms with Crippen LogP contribution in [0.5, 0.6) is 0 Å². The van der Waals surface area contributed by atoms with Gasteiger partial charge in [-0.2, -0.15) is 4.31 Å². The highest BCUT2D eigenvalue weighted by molar-refractivity contribution is 7.89. The van der Waals surface area contributed by atoms with Gasteiger partial charge in [0.05, 0.1) is 5.69 Å². The smallest absolute Gasteiger partial charge is 0.245 e. The Bertz CT molecular complexity index is 564. The molecule has 0 spiro atoms. The predicted octanol–water partition coefficient (Wildman–Crippen LogP) is 1.83. The minimum atomic E-state index is -3.41. The first-order valence-electron chi connectivity index (χ1n) is 7.46. The Morgan fingerprint density at radius 3 is 2.43 bits per heavy atom. The minimum absolute atomic E-state index is 0.384. The lowest BCUT2D eigenvalue weighted by atomic mass is 10.1. The Morgan fingerprint density at radius 2 is 1.86 bits per heavy atom. The van der Waals surface area contributed by atoms with E-state index < -0.39 is 10.0 Å². The van der Waals surface area contributed by atoms with Crippen LogP contribution in [0.2, 0.25) is 0 Å². The number of hydrogen-bond donors (Lipinski definition) is 1. The molecule has 0 saturated carbocycles. The van der Waals surface area contributed by atoms with E-state index in [1.54, 1.807) is 16.4 Å². The van der Waals surface area contributed by atoms with E-state index in [1.165, 1.54) is 0 Å². The molecule has 21 heavy (non-hydrogen) atoms. The van der Waals surface area contributed by atoms with Crippen molar-refractivity contribution >= 4 is 15.7 Å². The van der Waals surface area contributed by atoms with Crippen LogP contribution in [0.1, 0.15) is 19.8 Å². The van der Waals surface area contributed by atoms with Crippen molar-refractivity contribution in [2.24, 2.45) is 0 Å². The van der Waals surface area contributed by atoms with Crippen LogP contribution >= 0.6 is 0 Å². The molecule has 0 atom stereocenters. The van der Waals surface area contributed by atoms with Gasteiger partial charge in [0.25, 0.3) is 0 Å². The van der Waals surface area contributed by atoms with Crippen LogP contribution < -0.4 is 5.32 Å². The maximum atomic E-state index is 12.8. The first kappa shape index (κ1) is 16.3. The van der Waals surface area contributed by atoms with Gasteiger partial charge >= 0.3 is 0 Å². The summed E-state index contributed by atoms with van der Waals surface area (Å²) in [5, 5.41) is 3.13. The normalized spacial score (nSPS) is 18.1. The molecule has 0 radical (unpaired) electrons. The maximum Gasteiger partial charge on any atom is 0.245 e. The van der Waals surface area contributed by atoms with Crippen molar-refractivity contribution < 1.29 is 8.42 Å². The van der Waals surface area contributed by atoms with Gasteiger partial charge < -0.3 is 10.2 Å². The van der Waals surface area contributed by atoms with Crippen molar-refractivity contribution in [3.05, 3.63) is 24.3 Å². The van der Waals surface area contributed by atoms with Crippen molar-refractivity contribution in [2.75, 3.05) is 39.0 Å². The summed E-state index contributed by atoms with van der Waals surface area (Å²) < 4.78 is 27.3. The maximum absolute atomic E-state index is 12.8. The molecule has 1 fully saturated rings. The minimum Gasteiger partial charge on any atom is -0.384 e. The predicted molar refractivity (Wildman–Crippen MR) is 86.1 cm³/mol. The second-order valence-electron chi connectivity index (χ2n) is 5.63. The van der Waals surface area contributed by atoms with Crippen LogP contribution in [0, 0.1) is 0 Å². The lowest BCUT2D eigenvalue weighted by molar-refractivity contribution is 0.196. The molecule has 0 aliphatic carbocycles. The summed E-state index contributed by atoms with van der Waals surface area (Å²) in [5.41, 5.74) is 0.690. The number of benzene rings is 1. The van der Waals surface area contributed by atoms with Crippen molar-refractivity contribution in [1.29, 1.82) is 0 Å². The second kappa shape index (κ2) is 6.77. The fourth-order valence-electron chi connectivity index (χ4n) is 2.77. The van der Waals surface area contributed by atoms with E-state index in [0.29, 0.717) is 36.3 Å². The summed E-state index contributed by atoms with van der Waals surface area (Å²) >= 11 is 0. The van der Waals surface area contributed by atoms with Gasteiger partial charge in [0, 0.05) is 25.7 Å². The number of sulfonamides is 1. The molecule has 0 bridgehead atoms. The molecule has 0 aromatic heterocycles. The van der Waals surface area contributed by atoms with E-state index in [0.717, 1.165) is 12.8 Å². The molecule has 1 saturated heterocycles. The summed E-state index contributed by atoms with van der Waals surface area (Å²) in [6, 6.07) is 7.62. The fraction of sp³-hybridized carbons (Fsp3) is 0.600. The number of para-hydroxylation sites is 1. The van der Waals surface area contributed by atoms with Gasteiger partial charge in [-0.3, -0.25) is 0 Å². The van der Waals surface area contributed by atoms with Crippen LogP contribution in [-0.4, -0.2) is 57.4 Å². The summed E-state index contributed by atoms with van der Waals surface area (Å²) in [5.74, 6) is 0. The topological polar surface area (TPSA) is 52.7 Å². The molecule has 2 rings (SSSR count). The molecule has 118 valence electrons. The van der Waals surface area contributed by atoms with E-state index in [9.17, 15) is 8.42 Å². The van der Waals surface area contributed by atoms with Crippen LogP contribution in [-0.2, 0) is 10.0 Å². The molecule has 5 nitrogen and oxygen atoms in total. The van der Waals surface area contributed by atoms with Gasteiger partial charge in [0.15, 0.2) is 0 Å². The van der Waals surface area contributed by atoms with E-state index >= 15 is 0 Å². The van der Waals surface area contributed by atoms with Gasteiger partial charge in [-0.05, 0) is 46.0 Å². The Labute approximate surface area is 128 Å². The van der Waals surface area contributed by atoms with E-state index in [-0.39, 0.29) is 0 Å². The molecule has 1 aromatic carbocycles. The lowest BCUT2D eigenvalue weighted by Crippen LogP contribution is -2.44. The van der Waals surface area contributed by atoms with Gasteiger partial charge in [-0.15, -0.1) is 0 Å². The van der Waals surface area contributed by atoms with E-state index in [2.05, 4.69) is 24.3 Å². The molecule has 6 heteroatoms. The van der Waals surface area contributed by atoms with Crippen LogP contribution in [0.25, 0.3) is 0 Å². The Balaban J connectivity index is 2.20. The summed E-state index contributed by atoms with van der Waals surface area (Å²) in [6.45, 7) is 3.85. The molecular weight excluding hydrogens is 286 g/mol. The Kier molecular flexibility index (Phi) is 5.24. The lowest BCUT2D eigenvalue weighted by Gasteiger charge is -2.34. The van der Waals surface area contributed by atoms with Crippen molar-refractivity contribution in [1.82, 2.24) is 9.21 Å². The van der Waals surface area contributed by atoms with Crippen LogP contribution in [0.3, 0.4) is 0 Å². The number of nitrogens with zero attached hydrogens (tertiary/aromatic N) is 2. The van der Waals surface area contributed by atoms with Crippen molar-refractivity contribution in [2.45, 2.75) is 30.7 Å². The Hall–Kier alpha value is -1.11. The summed E-state index contributed by atoms with van der Waals surface area (Å²) in [7, 11) is 0.690. The number of piperidine rings is 1. The Morgan fingerprint density at radius 1 is 1.24 bits per heavy atom. The molecule has 0 amide bonds. The number of hydrogen-bond acceptors (Lipinski definition) is 4. The second-order valence-corrected chi connectivity index (χ2v) is 7.53.